The topological polar surface area (TPSA) is 102 Å². The first-order valence-electron chi connectivity index (χ1n) is 9.28. The van der Waals surface area contributed by atoms with E-state index in [9.17, 15) is 14.8 Å². The van der Waals surface area contributed by atoms with Crippen molar-refractivity contribution in [3.05, 3.63) is 65.7 Å². The summed E-state index contributed by atoms with van der Waals surface area (Å²) >= 11 is 0. The van der Waals surface area contributed by atoms with Gasteiger partial charge in [-0.3, -0.25) is 4.79 Å². The van der Waals surface area contributed by atoms with Crippen LogP contribution in [-0.4, -0.2) is 23.2 Å². The Morgan fingerprint density at radius 3 is 2.37 bits per heavy atom. The smallest absolute Gasteiger partial charge is 0.324 e. The number of nitrogens with zero attached hydrogens (tertiary/aromatic N) is 1. The maximum Gasteiger partial charge on any atom is 0.324 e. The number of carbonyl (C=O) groups is 1. The van der Waals surface area contributed by atoms with E-state index < -0.39 is 12.1 Å². The molecule has 6 nitrogen and oxygen atoms in total. The van der Waals surface area contributed by atoms with E-state index >= 15 is 0 Å². The number of rotatable bonds is 14. The van der Waals surface area contributed by atoms with E-state index in [1.807, 2.05) is 56.4 Å². The Morgan fingerprint density at radius 1 is 1.11 bits per heavy atom. The number of nitroso groups, excluding NO2 is 1. The second-order valence-corrected chi connectivity index (χ2v) is 6.18. The van der Waals surface area contributed by atoms with Crippen LogP contribution in [0.25, 0.3) is 0 Å². The third-order valence-corrected chi connectivity index (χ3v) is 3.94. The molecule has 0 aliphatic rings. The number of carbonyl (C=O) groups excluding carboxylic acids is 1. The van der Waals surface area contributed by atoms with Gasteiger partial charge in [-0.05, 0) is 31.6 Å². The summed E-state index contributed by atoms with van der Waals surface area (Å²) in [6, 6.07) is -0.250. The highest BCUT2D eigenvalue weighted by atomic mass is 16.7. The molecule has 0 amide bonds. The fourth-order valence-electron chi connectivity index (χ4n) is 2.13. The molecule has 0 aromatic carbocycles. The first-order valence-corrected chi connectivity index (χ1v) is 9.28. The highest BCUT2D eigenvalue weighted by Gasteiger charge is 2.11. The van der Waals surface area contributed by atoms with Crippen LogP contribution in [0.3, 0.4) is 0 Å². The number of hydrogen-bond donors (Lipinski definition) is 2. The lowest BCUT2D eigenvalue weighted by atomic mass is 9.97. The van der Waals surface area contributed by atoms with Crippen LogP contribution in [0.4, 0.5) is 0 Å². The Bertz CT molecular complexity index is 550. The maximum absolute atomic E-state index is 10.9. The average molecular weight is 376 g/mol. The number of aliphatic hydroxyl groups is 1. The SMILES string of the molecule is CC[C@H](/C=C/C=C\C\C=C/C=C/C=C/[C@H](O)[C@@H](C)CCCC(=O)ON)N=O. The van der Waals surface area contributed by atoms with Crippen LogP contribution in [0, 0.1) is 10.8 Å². The molecule has 3 N–H and O–H groups in total. The van der Waals surface area contributed by atoms with Gasteiger partial charge in [-0.1, -0.05) is 79.8 Å². The van der Waals surface area contributed by atoms with Gasteiger partial charge < -0.3 is 9.94 Å². The number of aliphatic hydroxyl groups excluding tert-OH is 1. The number of hydrogen-bond acceptors (Lipinski definition) is 6. The van der Waals surface area contributed by atoms with E-state index in [1.54, 1.807) is 18.2 Å². The molecule has 3 atom stereocenters. The van der Waals surface area contributed by atoms with E-state index in [1.165, 1.54) is 0 Å². The summed E-state index contributed by atoms with van der Waals surface area (Å²) in [6.07, 6.45) is 21.2. The van der Waals surface area contributed by atoms with Crippen molar-refractivity contribution in [3.63, 3.8) is 0 Å². The van der Waals surface area contributed by atoms with Crippen molar-refractivity contribution < 1.29 is 14.7 Å². The second-order valence-electron chi connectivity index (χ2n) is 6.18. The van der Waals surface area contributed by atoms with Gasteiger partial charge in [-0.25, -0.2) is 0 Å². The third kappa shape index (κ3) is 14.5. The van der Waals surface area contributed by atoms with Crippen LogP contribution in [-0.2, 0) is 9.63 Å². The summed E-state index contributed by atoms with van der Waals surface area (Å²) < 4.78 is 0. The highest BCUT2D eigenvalue weighted by Crippen LogP contribution is 2.13. The zero-order chi connectivity index (χ0) is 20.3. The van der Waals surface area contributed by atoms with Crippen molar-refractivity contribution in [2.24, 2.45) is 17.0 Å². The lowest BCUT2D eigenvalue weighted by Crippen LogP contribution is -2.16. The van der Waals surface area contributed by atoms with Gasteiger partial charge in [-0.2, -0.15) is 10.8 Å². The van der Waals surface area contributed by atoms with Gasteiger partial charge in [0.15, 0.2) is 0 Å². The van der Waals surface area contributed by atoms with Crippen molar-refractivity contribution in [2.75, 3.05) is 0 Å². The lowest BCUT2D eigenvalue weighted by molar-refractivity contribution is -0.144. The van der Waals surface area contributed by atoms with E-state index in [0.29, 0.717) is 19.3 Å². The molecule has 0 saturated carbocycles. The summed E-state index contributed by atoms with van der Waals surface area (Å²) in [7, 11) is 0. The van der Waals surface area contributed by atoms with Gasteiger partial charge >= 0.3 is 5.97 Å². The quantitative estimate of drug-likeness (QED) is 0.267. The molecule has 0 fully saturated rings. The Hall–Kier alpha value is -2.31. The molecule has 0 saturated heterocycles. The Labute approximate surface area is 162 Å². The monoisotopic (exact) mass is 376 g/mol. The molecule has 0 spiro atoms. The predicted octanol–water partition coefficient (Wildman–Crippen LogP) is 4.29. The molecule has 0 aliphatic heterocycles. The van der Waals surface area contributed by atoms with Gasteiger partial charge in [0.25, 0.3) is 0 Å². The molecule has 6 heteroatoms. The van der Waals surface area contributed by atoms with Gasteiger partial charge in [0.2, 0.25) is 0 Å². The zero-order valence-electron chi connectivity index (χ0n) is 16.2. The standard InChI is InChI=1S/C21H32N2O4/c1-3-19(23-26)15-11-9-7-5-4-6-8-10-12-16-20(24)18(2)14-13-17-21(25)27-22/h4,6-12,15-16,18-20,24H,3,5,13-14,17,22H2,1-2H3/b6-4-,9-7-,10-8+,15-11+,16-12+/t18-,19+,20-/m0/s1. The summed E-state index contributed by atoms with van der Waals surface area (Å²) in [4.78, 5) is 25.4. The molecule has 0 aromatic rings. The molecule has 0 rings (SSSR count). The van der Waals surface area contributed by atoms with Crippen molar-refractivity contribution in [2.45, 2.75) is 58.1 Å². The first kappa shape index (κ1) is 24.7. The average Bonchev–Trinajstić information content (AvgIpc) is 2.68. The third-order valence-electron chi connectivity index (χ3n) is 3.94. The lowest BCUT2D eigenvalue weighted by Gasteiger charge is -2.14. The van der Waals surface area contributed by atoms with Crippen molar-refractivity contribution in [1.82, 2.24) is 0 Å². The Kier molecular flexibility index (Phi) is 15.7. The van der Waals surface area contributed by atoms with Gasteiger partial charge in [-0.15, -0.1) is 0 Å². The van der Waals surface area contributed by atoms with Crippen LogP contribution < -0.4 is 5.90 Å². The molecule has 0 unspecified atom stereocenters. The molecule has 0 bridgehead atoms. The van der Waals surface area contributed by atoms with E-state index in [0.717, 1.165) is 6.42 Å². The Balaban J connectivity index is 4.00. The Morgan fingerprint density at radius 2 is 1.74 bits per heavy atom. The van der Waals surface area contributed by atoms with Crippen LogP contribution in [0.5, 0.6) is 0 Å². The molecule has 0 aromatic heterocycles. The molecule has 0 aliphatic carbocycles. The molecule has 150 valence electrons. The van der Waals surface area contributed by atoms with Gasteiger partial charge in [0, 0.05) is 6.42 Å². The molecular formula is C21H32N2O4. The maximum atomic E-state index is 10.9. The predicted molar refractivity (Wildman–Crippen MR) is 109 cm³/mol. The second kappa shape index (κ2) is 17.1. The number of nitrogens with two attached hydrogens (primary N) is 1. The van der Waals surface area contributed by atoms with Gasteiger partial charge in [0.05, 0.1) is 6.10 Å². The van der Waals surface area contributed by atoms with Gasteiger partial charge in [0.1, 0.15) is 6.04 Å². The summed E-state index contributed by atoms with van der Waals surface area (Å²) in [5.74, 6) is 4.39. The minimum absolute atomic E-state index is 0.0516. The first-order chi connectivity index (χ1) is 13.0. The molecule has 0 heterocycles. The fraction of sp³-hybridized carbons (Fsp3) is 0.476. The molecule has 0 radical (unpaired) electrons. The van der Waals surface area contributed by atoms with E-state index in [2.05, 4.69) is 10.0 Å². The van der Waals surface area contributed by atoms with Crippen LogP contribution in [0.1, 0.15) is 46.0 Å². The van der Waals surface area contributed by atoms with Crippen LogP contribution in [0.15, 0.2) is 65.9 Å². The van der Waals surface area contributed by atoms with Crippen molar-refractivity contribution in [1.29, 1.82) is 0 Å². The summed E-state index contributed by atoms with van der Waals surface area (Å²) in [6.45, 7) is 3.85. The zero-order valence-corrected chi connectivity index (χ0v) is 16.2. The minimum atomic E-state index is -0.560. The minimum Gasteiger partial charge on any atom is -0.389 e. The summed E-state index contributed by atoms with van der Waals surface area (Å²) in [5, 5.41) is 13.0. The van der Waals surface area contributed by atoms with Crippen molar-refractivity contribution in [3.8, 4) is 0 Å². The highest BCUT2D eigenvalue weighted by molar-refractivity contribution is 5.68. The fourth-order valence-corrected chi connectivity index (χ4v) is 2.13. The van der Waals surface area contributed by atoms with Crippen LogP contribution >= 0.6 is 0 Å². The van der Waals surface area contributed by atoms with Crippen LogP contribution in [0.2, 0.25) is 0 Å². The normalized spacial score (nSPS) is 16.0. The largest absolute Gasteiger partial charge is 0.389 e. The van der Waals surface area contributed by atoms with E-state index in [4.69, 9.17) is 5.90 Å². The molecule has 27 heavy (non-hydrogen) atoms. The summed E-state index contributed by atoms with van der Waals surface area (Å²) in [5.41, 5.74) is 0. The van der Waals surface area contributed by atoms with Crippen molar-refractivity contribution >= 4 is 5.97 Å². The molecular weight excluding hydrogens is 344 g/mol. The van der Waals surface area contributed by atoms with E-state index in [-0.39, 0.29) is 18.4 Å². The number of allylic oxidation sites excluding steroid dienone is 8.